The maximum atomic E-state index is 9.89. The highest BCUT2D eigenvalue weighted by molar-refractivity contribution is 5.52. The molecule has 2 rings (SSSR count). The Kier molecular flexibility index (Phi) is 4.68. The van der Waals surface area contributed by atoms with E-state index in [0.717, 1.165) is 17.1 Å². The minimum atomic E-state index is -0.611. The Labute approximate surface area is 118 Å². The molecule has 106 valence electrons. The molecule has 0 fully saturated rings. The first-order valence-electron chi connectivity index (χ1n) is 6.53. The third kappa shape index (κ3) is 4.37. The van der Waals surface area contributed by atoms with Gasteiger partial charge in [-0.15, -0.1) is 0 Å². The molecule has 0 saturated heterocycles. The van der Waals surface area contributed by atoms with Gasteiger partial charge in [0.25, 0.3) is 0 Å². The Morgan fingerprint density at radius 1 is 0.850 bits per heavy atom. The summed E-state index contributed by atoms with van der Waals surface area (Å²) in [7, 11) is 0. The van der Waals surface area contributed by atoms with Gasteiger partial charge < -0.3 is 27.2 Å². The van der Waals surface area contributed by atoms with Crippen LogP contribution >= 0.6 is 0 Å². The van der Waals surface area contributed by atoms with Crippen LogP contribution in [0.15, 0.2) is 48.5 Å². The molecular formula is C15H20N4O. The van der Waals surface area contributed by atoms with Gasteiger partial charge in [-0.1, -0.05) is 0 Å². The quantitative estimate of drug-likeness (QED) is 0.410. The van der Waals surface area contributed by atoms with Crippen molar-refractivity contribution in [1.29, 1.82) is 0 Å². The molecule has 1 atom stereocenters. The van der Waals surface area contributed by atoms with E-state index in [-0.39, 0.29) is 0 Å². The fraction of sp³-hybridized carbons (Fsp3) is 0.200. The summed E-state index contributed by atoms with van der Waals surface area (Å²) in [5.74, 6) is 0. The zero-order valence-corrected chi connectivity index (χ0v) is 11.2. The van der Waals surface area contributed by atoms with E-state index in [1.165, 1.54) is 0 Å². The van der Waals surface area contributed by atoms with Crippen molar-refractivity contribution in [2.75, 3.05) is 28.6 Å². The standard InChI is InChI=1S/C15H20N4O/c16-11-1-5-13(6-2-11)18-10-9-15(20)19-14-7-3-12(17)4-8-14/h1-8,15,18-20H,9-10,16-17H2. The van der Waals surface area contributed by atoms with Crippen molar-refractivity contribution in [3.63, 3.8) is 0 Å². The number of nitrogens with two attached hydrogens (primary N) is 2. The van der Waals surface area contributed by atoms with E-state index in [2.05, 4.69) is 10.6 Å². The van der Waals surface area contributed by atoms with Gasteiger partial charge in [-0.25, -0.2) is 0 Å². The highest BCUT2D eigenvalue weighted by atomic mass is 16.3. The van der Waals surface area contributed by atoms with Crippen LogP contribution in [0.3, 0.4) is 0 Å². The van der Waals surface area contributed by atoms with Gasteiger partial charge in [-0.05, 0) is 48.5 Å². The number of aliphatic hydroxyl groups excluding tert-OH is 1. The molecule has 0 bridgehead atoms. The minimum Gasteiger partial charge on any atom is -0.399 e. The fourth-order valence-corrected chi connectivity index (χ4v) is 1.80. The van der Waals surface area contributed by atoms with Crippen LogP contribution in [0.2, 0.25) is 0 Å². The van der Waals surface area contributed by atoms with Crippen LogP contribution in [-0.4, -0.2) is 17.9 Å². The van der Waals surface area contributed by atoms with Gasteiger partial charge in [0.1, 0.15) is 6.23 Å². The van der Waals surface area contributed by atoms with Crippen molar-refractivity contribution in [1.82, 2.24) is 0 Å². The van der Waals surface area contributed by atoms with Crippen LogP contribution in [0.25, 0.3) is 0 Å². The average molecular weight is 272 g/mol. The number of aliphatic hydroxyl groups is 1. The Hall–Kier alpha value is -2.40. The number of rotatable bonds is 6. The molecule has 0 aliphatic rings. The van der Waals surface area contributed by atoms with Gasteiger partial charge in [0, 0.05) is 35.7 Å². The number of benzene rings is 2. The predicted molar refractivity (Wildman–Crippen MR) is 84.4 cm³/mol. The number of anilines is 4. The molecule has 5 heteroatoms. The average Bonchev–Trinajstić information content (AvgIpc) is 2.44. The number of hydrogen-bond donors (Lipinski definition) is 5. The van der Waals surface area contributed by atoms with Gasteiger partial charge >= 0.3 is 0 Å². The van der Waals surface area contributed by atoms with E-state index in [9.17, 15) is 5.11 Å². The molecule has 2 aromatic rings. The second kappa shape index (κ2) is 6.68. The molecule has 0 saturated carbocycles. The lowest BCUT2D eigenvalue weighted by atomic mass is 10.2. The zero-order valence-electron chi connectivity index (χ0n) is 11.2. The van der Waals surface area contributed by atoms with E-state index in [0.29, 0.717) is 18.7 Å². The van der Waals surface area contributed by atoms with Gasteiger partial charge in [0.05, 0.1) is 0 Å². The maximum absolute atomic E-state index is 9.89. The van der Waals surface area contributed by atoms with Crippen LogP contribution in [0.5, 0.6) is 0 Å². The molecule has 0 amide bonds. The summed E-state index contributed by atoms with van der Waals surface area (Å²) < 4.78 is 0. The van der Waals surface area contributed by atoms with E-state index >= 15 is 0 Å². The summed E-state index contributed by atoms with van der Waals surface area (Å²) in [5.41, 5.74) is 14.5. The van der Waals surface area contributed by atoms with Crippen LogP contribution in [-0.2, 0) is 0 Å². The van der Waals surface area contributed by atoms with Crippen LogP contribution < -0.4 is 22.1 Å². The second-order valence-corrected chi connectivity index (χ2v) is 4.62. The number of nitrogens with one attached hydrogen (secondary N) is 2. The lowest BCUT2D eigenvalue weighted by molar-refractivity contribution is 0.197. The van der Waals surface area contributed by atoms with Crippen molar-refractivity contribution in [2.24, 2.45) is 0 Å². The summed E-state index contributed by atoms with van der Waals surface area (Å²) in [6, 6.07) is 14.8. The topological polar surface area (TPSA) is 96.3 Å². The first kappa shape index (κ1) is 14.0. The van der Waals surface area contributed by atoms with E-state index in [1.807, 2.05) is 36.4 Å². The summed E-state index contributed by atoms with van der Waals surface area (Å²) in [4.78, 5) is 0. The summed E-state index contributed by atoms with van der Waals surface area (Å²) >= 11 is 0. The number of nitrogen functional groups attached to an aromatic ring is 2. The van der Waals surface area contributed by atoms with Gasteiger partial charge in [-0.3, -0.25) is 0 Å². The van der Waals surface area contributed by atoms with Crippen LogP contribution in [0, 0.1) is 0 Å². The lowest BCUT2D eigenvalue weighted by Crippen LogP contribution is -2.22. The van der Waals surface area contributed by atoms with Crippen LogP contribution in [0.4, 0.5) is 22.7 Å². The van der Waals surface area contributed by atoms with E-state index in [4.69, 9.17) is 11.5 Å². The Morgan fingerprint density at radius 2 is 1.35 bits per heavy atom. The molecule has 0 radical (unpaired) electrons. The first-order valence-corrected chi connectivity index (χ1v) is 6.53. The molecule has 0 aromatic heterocycles. The van der Waals surface area contributed by atoms with Crippen molar-refractivity contribution >= 4 is 22.7 Å². The Morgan fingerprint density at radius 3 is 1.90 bits per heavy atom. The van der Waals surface area contributed by atoms with Crippen molar-refractivity contribution in [3.05, 3.63) is 48.5 Å². The van der Waals surface area contributed by atoms with Crippen molar-refractivity contribution in [2.45, 2.75) is 12.6 Å². The summed E-state index contributed by atoms with van der Waals surface area (Å²) in [6.07, 6.45) is -0.0331. The maximum Gasteiger partial charge on any atom is 0.126 e. The monoisotopic (exact) mass is 272 g/mol. The SMILES string of the molecule is Nc1ccc(NCCC(O)Nc2ccc(N)cc2)cc1. The third-order valence-corrected chi connectivity index (χ3v) is 2.90. The highest BCUT2D eigenvalue weighted by Gasteiger charge is 2.03. The molecule has 5 nitrogen and oxygen atoms in total. The largest absolute Gasteiger partial charge is 0.399 e. The van der Waals surface area contributed by atoms with Gasteiger partial charge in [-0.2, -0.15) is 0 Å². The van der Waals surface area contributed by atoms with Crippen LogP contribution in [0.1, 0.15) is 6.42 Å². The zero-order chi connectivity index (χ0) is 14.4. The molecule has 0 aliphatic carbocycles. The molecule has 0 spiro atoms. The number of hydrogen-bond acceptors (Lipinski definition) is 5. The normalized spacial score (nSPS) is 11.8. The van der Waals surface area contributed by atoms with Crippen molar-refractivity contribution < 1.29 is 5.11 Å². The predicted octanol–water partition coefficient (Wildman–Crippen LogP) is 2.08. The molecule has 2 aromatic carbocycles. The third-order valence-electron chi connectivity index (χ3n) is 2.90. The van der Waals surface area contributed by atoms with Gasteiger partial charge in [0.15, 0.2) is 0 Å². The highest BCUT2D eigenvalue weighted by Crippen LogP contribution is 2.13. The molecule has 0 aliphatic heterocycles. The Bertz CT molecular complexity index is 525. The minimum absolute atomic E-state index is 0.578. The fourth-order valence-electron chi connectivity index (χ4n) is 1.80. The molecule has 20 heavy (non-hydrogen) atoms. The Balaban J connectivity index is 1.73. The summed E-state index contributed by atoms with van der Waals surface area (Å²) in [5, 5.41) is 16.1. The molecule has 1 unspecified atom stereocenters. The molecular weight excluding hydrogens is 252 g/mol. The summed E-state index contributed by atoms with van der Waals surface area (Å²) in [6.45, 7) is 0.660. The van der Waals surface area contributed by atoms with E-state index < -0.39 is 6.23 Å². The van der Waals surface area contributed by atoms with Crippen molar-refractivity contribution in [3.8, 4) is 0 Å². The second-order valence-electron chi connectivity index (χ2n) is 4.62. The first-order chi connectivity index (χ1) is 9.63. The van der Waals surface area contributed by atoms with Gasteiger partial charge in [0.2, 0.25) is 0 Å². The van der Waals surface area contributed by atoms with E-state index in [1.54, 1.807) is 12.1 Å². The lowest BCUT2D eigenvalue weighted by Gasteiger charge is -2.15. The molecule has 0 heterocycles. The molecule has 7 N–H and O–H groups in total. The smallest absolute Gasteiger partial charge is 0.126 e.